The molecule has 0 aromatic carbocycles. The lowest BCUT2D eigenvalue weighted by Gasteiger charge is -2.42. The van der Waals surface area contributed by atoms with Crippen molar-refractivity contribution < 1.29 is 0 Å². The molecule has 0 bridgehead atoms. The summed E-state index contributed by atoms with van der Waals surface area (Å²) >= 11 is 0. The van der Waals surface area contributed by atoms with Crippen molar-refractivity contribution in [2.45, 2.75) is 355 Å². The van der Waals surface area contributed by atoms with Crippen molar-refractivity contribution in [2.75, 3.05) is 0 Å². The van der Waals surface area contributed by atoms with Crippen LogP contribution in [0.5, 0.6) is 0 Å². The molecule has 10 aliphatic carbocycles. The zero-order chi connectivity index (χ0) is 52.1. The molecule has 0 spiro atoms. The normalized spacial score (nSPS) is 35.3. The van der Waals surface area contributed by atoms with E-state index in [-0.39, 0.29) is 0 Å². The van der Waals surface area contributed by atoms with Crippen molar-refractivity contribution in [3.8, 4) is 0 Å². The Kier molecular flexibility index (Phi) is 41.9. The van der Waals surface area contributed by atoms with Crippen molar-refractivity contribution >= 4 is 0 Å². The molecule has 420 valence electrons. The first-order chi connectivity index (χ1) is 34.0. The minimum atomic E-state index is 1.02. The minimum Gasteiger partial charge on any atom is -0.0683 e. The van der Waals surface area contributed by atoms with Gasteiger partial charge in [0.25, 0.3) is 0 Å². The van der Waals surface area contributed by atoms with Gasteiger partial charge in [0.15, 0.2) is 0 Å². The van der Waals surface area contributed by atoms with Crippen LogP contribution in [0.2, 0.25) is 0 Å². The Bertz CT molecular complexity index is 947. The smallest absolute Gasteiger partial charge is 0.0383 e. The van der Waals surface area contributed by atoms with Crippen LogP contribution >= 0.6 is 0 Å². The molecule has 0 N–H and O–H groups in total. The highest BCUT2D eigenvalue weighted by Crippen LogP contribution is 2.49. The van der Waals surface area contributed by atoms with Gasteiger partial charge in [0, 0.05) is 0 Å². The van der Waals surface area contributed by atoms with Crippen molar-refractivity contribution in [2.24, 2.45) is 94.7 Å². The largest absolute Gasteiger partial charge is 0.0683 e. The van der Waals surface area contributed by atoms with Gasteiger partial charge in [0.05, 0.1) is 0 Å². The summed E-state index contributed by atoms with van der Waals surface area (Å²) in [6.45, 7) is 35.1. The Morgan fingerprint density at radius 2 is 0.286 bits per heavy atom. The van der Waals surface area contributed by atoms with E-state index in [0.717, 1.165) is 94.7 Å². The predicted octanol–water partition coefficient (Wildman–Crippen LogP) is 25.0. The molecule has 10 rings (SSSR count). The van der Waals surface area contributed by atoms with Crippen LogP contribution < -0.4 is 0 Å². The Balaban J connectivity index is 0.000000427. The molecule has 0 heteroatoms. The summed E-state index contributed by atoms with van der Waals surface area (Å²) in [5.41, 5.74) is 0. The van der Waals surface area contributed by atoms with Gasteiger partial charge in [-0.3, -0.25) is 0 Å². The summed E-state index contributed by atoms with van der Waals surface area (Å²) in [6.07, 6.45) is 58.0. The Labute approximate surface area is 447 Å². The molecule has 0 aliphatic heterocycles. The van der Waals surface area contributed by atoms with E-state index in [1.54, 1.807) is 103 Å². The zero-order valence-electron chi connectivity index (χ0n) is 52.1. The molecule has 70 heavy (non-hydrogen) atoms. The van der Waals surface area contributed by atoms with Crippen LogP contribution in [0.15, 0.2) is 0 Å². The van der Waals surface area contributed by atoms with Gasteiger partial charge in [-0.15, -0.1) is 0 Å². The molecule has 0 radical (unpaired) electrons. The van der Waals surface area contributed by atoms with E-state index in [0.29, 0.717) is 0 Å². The average molecular weight is 982 g/mol. The van der Waals surface area contributed by atoms with Crippen LogP contribution in [0.4, 0.5) is 0 Å². The van der Waals surface area contributed by atoms with E-state index in [1.807, 2.05) is 55.4 Å². The second kappa shape index (κ2) is 43.1. The fraction of sp³-hybridized carbons (Fsp3) is 1.00. The van der Waals surface area contributed by atoms with Crippen LogP contribution in [0.1, 0.15) is 355 Å². The van der Waals surface area contributed by atoms with Gasteiger partial charge in [-0.2, -0.15) is 0 Å². The average Bonchev–Trinajstić information content (AvgIpc) is 4.07. The second-order valence-electron chi connectivity index (χ2n) is 26.3. The van der Waals surface area contributed by atoms with Gasteiger partial charge >= 0.3 is 0 Å². The predicted molar refractivity (Wildman–Crippen MR) is 322 cm³/mol. The van der Waals surface area contributed by atoms with E-state index in [9.17, 15) is 0 Å². The summed E-state index contributed by atoms with van der Waals surface area (Å²) < 4.78 is 0. The molecular formula is C70H140. The van der Waals surface area contributed by atoms with Gasteiger partial charge in [-0.05, 0) is 133 Å². The molecule has 0 amide bonds. The third-order valence-corrected chi connectivity index (χ3v) is 20.5. The molecule has 0 nitrogen and oxygen atoms in total. The molecule has 10 fully saturated rings. The van der Waals surface area contributed by atoms with Gasteiger partial charge in [-0.25, -0.2) is 0 Å². The lowest BCUT2D eigenvalue weighted by molar-refractivity contribution is 0.0878. The zero-order valence-corrected chi connectivity index (χ0v) is 52.1. The van der Waals surface area contributed by atoms with Crippen LogP contribution in [-0.4, -0.2) is 0 Å². The van der Waals surface area contributed by atoms with Gasteiger partial charge in [0.1, 0.15) is 0 Å². The van der Waals surface area contributed by atoms with Gasteiger partial charge in [0.2, 0.25) is 0 Å². The van der Waals surface area contributed by atoms with Crippen molar-refractivity contribution in [1.82, 2.24) is 0 Å². The lowest BCUT2D eigenvalue weighted by Crippen LogP contribution is -2.31. The van der Waals surface area contributed by atoms with Crippen LogP contribution in [-0.2, 0) is 0 Å². The highest BCUT2D eigenvalue weighted by Gasteiger charge is 2.37. The maximum Gasteiger partial charge on any atom is -0.0383 e. The fourth-order valence-corrected chi connectivity index (χ4v) is 14.7. The molecule has 0 aromatic rings. The molecule has 4 atom stereocenters. The Morgan fingerprint density at radius 3 is 0.443 bits per heavy atom. The third kappa shape index (κ3) is 29.3. The Hall–Kier alpha value is 0. The quantitative estimate of drug-likeness (QED) is 0.263. The summed E-state index contributed by atoms with van der Waals surface area (Å²) in [5, 5.41) is 0. The van der Waals surface area contributed by atoms with Crippen LogP contribution in [0.25, 0.3) is 0 Å². The summed E-state index contributed by atoms with van der Waals surface area (Å²) in [7, 11) is 0. The standard InChI is InChI=1S/2C17H30.2C8H16.2C6H12.4C2H6/c2*1-13-8-10-15(11-9-13)17-7-3-6-16(12-17)14-4-2-5-14;2*1-7-3-5-8(2)6-4-7;2*1-6-4-2-3-5-6;4*1-2/h2*13-17H,2-12H2,1H3;2*7-8H,3-6H2,1-2H3;2*6H,2-5H2,1H3;4*1-2H3. The van der Waals surface area contributed by atoms with E-state index in [4.69, 9.17) is 0 Å². The van der Waals surface area contributed by atoms with Crippen molar-refractivity contribution in [3.05, 3.63) is 0 Å². The number of hydrogen-bond donors (Lipinski definition) is 0. The molecular weight excluding hydrogens is 841 g/mol. The third-order valence-electron chi connectivity index (χ3n) is 20.5. The molecule has 0 aromatic heterocycles. The van der Waals surface area contributed by atoms with E-state index >= 15 is 0 Å². The van der Waals surface area contributed by atoms with Crippen LogP contribution in [0.3, 0.4) is 0 Å². The highest BCUT2D eigenvalue weighted by atomic mass is 14.4. The molecule has 0 heterocycles. The first-order valence-electron chi connectivity index (χ1n) is 34.0. The van der Waals surface area contributed by atoms with E-state index in [1.165, 1.54) is 141 Å². The highest BCUT2D eigenvalue weighted by molar-refractivity contribution is 4.88. The fourth-order valence-electron chi connectivity index (χ4n) is 14.7. The van der Waals surface area contributed by atoms with Crippen molar-refractivity contribution in [1.29, 1.82) is 0 Å². The van der Waals surface area contributed by atoms with E-state index < -0.39 is 0 Å². The molecule has 10 saturated carbocycles. The molecule has 4 unspecified atom stereocenters. The van der Waals surface area contributed by atoms with E-state index in [2.05, 4.69) is 55.4 Å². The molecule has 0 saturated heterocycles. The Morgan fingerprint density at radius 1 is 0.143 bits per heavy atom. The lowest BCUT2D eigenvalue weighted by atomic mass is 9.63. The SMILES string of the molecule is CC.CC.CC.CC.CC1CCC(C)CC1.CC1CCC(C)CC1.CC1CCC(C2CCCC(C3CCC3)C2)CC1.CC1CCC(C2CCCC(C3CCC3)C2)CC1.CC1CCCC1.CC1CCCC1. The maximum absolute atomic E-state index is 2.45. The number of rotatable bonds is 4. The van der Waals surface area contributed by atoms with Crippen LogP contribution in [0, 0.1) is 94.7 Å². The first kappa shape index (κ1) is 68.0. The maximum atomic E-state index is 2.45. The van der Waals surface area contributed by atoms with Gasteiger partial charge in [-0.1, -0.05) is 316 Å². The topological polar surface area (TPSA) is 0 Å². The second-order valence-corrected chi connectivity index (χ2v) is 26.3. The number of hydrogen-bond acceptors (Lipinski definition) is 0. The van der Waals surface area contributed by atoms with Gasteiger partial charge < -0.3 is 0 Å². The molecule has 10 aliphatic rings. The monoisotopic (exact) mass is 981 g/mol. The summed E-state index contributed by atoms with van der Waals surface area (Å²) in [6, 6.07) is 0. The van der Waals surface area contributed by atoms with Crippen molar-refractivity contribution in [3.63, 3.8) is 0 Å². The summed E-state index contributed by atoms with van der Waals surface area (Å²) in [4.78, 5) is 0. The summed E-state index contributed by atoms with van der Waals surface area (Å²) in [5.74, 6) is 17.3. The first-order valence-corrected chi connectivity index (χ1v) is 34.0. The minimum absolute atomic E-state index is 1.02.